The van der Waals surface area contributed by atoms with Gasteiger partial charge < -0.3 is 5.73 Å². The minimum Gasteiger partial charge on any atom is -0.385 e. The van der Waals surface area contributed by atoms with Crippen LogP contribution < -0.4 is 11.2 Å². The van der Waals surface area contributed by atoms with Crippen LogP contribution in [0.4, 0.5) is 0 Å². The van der Waals surface area contributed by atoms with Crippen molar-refractivity contribution < 1.29 is 0 Å². The van der Waals surface area contributed by atoms with Gasteiger partial charge in [0.2, 0.25) is 0 Å². The Morgan fingerprint density at radius 2 is 2.08 bits per heavy atom. The molecule has 0 saturated heterocycles. The second-order valence-corrected chi connectivity index (χ2v) is 5.09. The first-order valence-electron chi connectivity index (χ1n) is 5.02. The van der Waals surface area contributed by atoms with Gasteiger partial charge in [0.25, 0.3) is 0 Å². The fourth-order valence-electron chi connectivity index (χ4n) is 1.80. The standard InChI is InChI=1S/C10H19N3/c1-10(2,3)13-9(11)6-8(12-13)7-4-5-7/h6-8,12H,4-5,11H2,1-3H3. The minimum absolute atomic E-state index is 0.0736. The number of rotatable bonds is 1. The molecule has 1 aliphatic heterocycles. The van der Waals surface area contributed by atoms with Crippen LogP contribution in [0, 0.1) is 5.92 Å². The lowest BCUT2D eigenvalue weighted by atomic mass is 10.1. The highest BCUT2D eigenvalue weighted by molar-refractivity contribution is 5.14. The molecule has 1 fully saturated rings. The van der Waals surface area contributed by atoms with E-state index in [4.69, 9.17) is 5.73 Å². The van der Waals surface area contributed by atoms with Gasteiger partial charge in [-0.1, -0.05) is 0 Å². The van der Waals surface area contributed by atoms with Crippen molar-refractivity contribution in [3.8, 4) is 0 Å². The van der Waals surface area contributed by atoms with Gasteiger partial charge in [0.05, 0.1) is 6.04 Å². The lowest BCUT2D eigenvalue weighted by Gasteiger charge is -2.35. The van der Waals surface area contributed by atoms with Crippen molar-refractivity contribution in [3.05, 3.63) is 11.9 Å². The summed E-state index contributed by atoms with van der Waals surface area (Å²) < 4.78 is 0. The van der Waals surface area contributed by atoms with Crippen LogP contribution in [0.25, 0.3) is 0 Å². The van der Waals surface area contributed by atoms with Gasteiger partial charge in [-0.3, -0.25) is 5.01 Å². The largest absolute Gasteiger partial charge is 0.385 e. The highest BCUT2D eigenvalue weighted by Gasteiger charge is 2.37. The second-order valence-electron chi connectivity index (χ2n) is 5.09. The van der Waals surface area contributed by atoms with Crippen molar-refractivity contribution in [2.45, 2.75) is 45.2 Å². The van der Waals surface area contributed by atoms with Crippen LogP contribution in [0.1, 0.15) is 33.6 Å². The van der Waals surface area contributed by atoms with Gasteiger partial charge in [-0.2, -0.15) is 0 Å². The normalized spacial score (nSPS) is 29.3. The smallest absolute Gasteiger partial charge is 0.111 e. The fourth-order valence-corrected chi connectivity index (χ4v) is 1.80. The Labute approximate surface area is 79.9 Å². The molecule has 2 aliphatic rings. The Bertz CT molecular complexity index is 235. The molecule has 0 bridgehead atoms. The van der Waals surface area contributed by atoms with E-state index in [1.54, 1.807) is 0 Å². The third-order valence-electron chi connectivity index (χ3n) is 2.69. The van der Waals surface area contributed by atoms with E-state index in [0.29, 0.717) is 6.04 Å². The van der Waals surface area contributed by atoms with Crippen molar-refractivity contribution in [2.24, 2.45) is 11.7 Å². The number of hydrazine groups is 1. The summed E-state index contributed by atoms with van der Waals surface area (Å²) in [6, 6.07) is 0.485. The highest BCUT2D eigenvalue weighted by Crippen LogP contribution is 2.36. The molecule has 3 N–H and O–H groups in total. The van der Waals surface area contributed by atoms with Gasteiger partial charge >= 0.3 is 0 Å². The molecule has 1 atom stereocenters. The zero-order chi connectivity index (χ0) is 9.64. The molecular weight excluding hydrogens is 162 g/mol. The maximum Gasteiger partial charge on any atom is 0.111 e. The number of hydrogen-bond donors (Lipinski definition) is 2. The first-order valence-corrected chi connectivity index (χ1v) is 5.02. The van der Waals surface area contributed by atoms with Crippen molar-refractivity contribution in [3.63, 3.8) is 0 Å². The molecule has 3 nitrogen and oxygen atoms in total. The average Bonchev–Trinajstić information content (AvgIpc) is 2.73. The van der Waals surface area contributed by atoms with Gasteiger partial charge in [-0.25, -0.2) is 5.43 Å². The monoisotopic (exact) mass is 181 g/mol. The molecule has 1 unspecified atom stereocenters. The SMILES string of the molecule is CC(C)(C)N1NC(C2CC2)C=C1N. The molecule has 2 rings (SSSR count). The Morgan fingerprint density at radius 1 is 1.46 bits per heavy atom. The molecule has 1 aliphatic carbocycles. The van der Waals surface area contributed by atoms with E-state index in [1.165, 1.54) is 12.8 Å². The molecule has 0 aromatic rings. The van der Waals surface area contributed by atoms with Gasteiger partial charge in [0.1, 0.15) is 5.82 Å². The molecule has 0 aromatic carbocycles. The van der Waals surface area contributed by atoms with E-state index in [0.717, 1.165) is 11.7 Å². The van der Waals surface area contributed by atoms with Gasteiger partial charge in [0, 0.05) is 5.54 Å². The van der Waals surface area contributed by atoms with E-state index in [1.807, 2.05) is 0 Å². The third-order valence-corrected chi connectivity index (χ3v) is 2.69. The Morgan fingerprint density at radius 3 is 2.46 bits per heavy atom. The lowest BCUT2D eigenvalue weighted by Crippen LogP contribution is -2.50. The number of nitrogens with one attached hydrogen (secondary N) is 1. The van der Waals surface area contributed by atoms with E-state index in [-0.39, 0.29) is 5.54 Å². The maximum absolute atomic E-state index is 5.95. The summed E-state index contributed by atoms with van der Waals surface area (Å²) >= 11 is 0. The number of nitrogens with two attached hydrogens (primary N) is 1. The molecule has 1 saturated carbocycles. The van der Waals surface area contributed by atoms with Crippen LogP contribution in [0.3, 0.4) is 0 Å². The number of hydrogen-bond acceptors (Lipinski definition) is 3. The predicted molar refractivity (Wildman–Crippen MR) is 53.5 cm³/mol. The fraction of sp³-hybridized carbons (Fsp3) is 0.800. The van der Waals surface area contributed by atoms with E-state index in [2.05, 4.69) is 37.3 Å². The third kappa shape index (κ3) is 1.66. The van der Waals surface area contributed by atoms with Crippen LogP contribution in [0.5, 0.6) is 0 Å². The van der Waals surface area contributed by atoms with E-state index >= 15 is 0 Å². The topological polar surface area (TPSA) is 41.3 Å². The minimum atomic E-state index is 0.0736. The number of nitrogens with zero attached hydrogens (tertiary/aromatic N) is 1. The molecule has 0 aromatic heterocycles. The molecule has 0 spiro atoms. The average molecular weight is 181 g/mol. The molecule has 74 valence electrons. The quantitative estimate of drug-likeness (QED) is 0.638. The molecular formula is C10H19N3. The van der Waals surface area contributed by atoms with Gasteiger partial charge in [-0.15, -0.1) is 0 Å². The van der Waals surface area contributed by atoms with Crippen molar-refractivity contribution in [1.29, 1.82) is 0 Å². The Hall–Kier alpha value is -0.700. The maximum atomic E-state index is 5.95. The van der Waals surface area contributed by atoms with Crippen LogP contribution in [0.15, 0.2) is 11.9 Å². The summed E-state index contributed by atoms with van der Waals surface area (Å²) in [5, 5.41) is 2.08. The first-order chi connectivity index (χ1) is 5.98. The second kappa shape index (κ2) is 2.64. The van der Waals surface area contributed by atoms with Crippen molar-refractivity contribution >= 4 is 0 Å². The lowest BCUT2D eigenvalue weighted by molar-refractivity contribution is 0.119. The predicted octanol–water partition coefficient (Wildman–Crippen LogP) is 1.18. The summed E-state index contributed by atoms with van der Waals surface area (Å²) in [6.45, 7) is 6.49. The van der Waals surface area contributed by atoms with Crippen LogP contribution >= 0.6 is 0 Å². The molecule has 0 radical (unpaired) electrons. The zero-order valence-corrected chi connectivity index (χ0v) is 8.67. The Balaban J connectivity index is 2.06. The summed E-state index contributed by atoms with van der Waals surface area (Å²) in [7, 11) is 0. The zero-order valence-electron chi connectivity index (χ0n) is 8.67. The van der Waals surface area contributed by atoms with Gasteiger partial charge in [0.15, 0.2) is 0 Å². The van der Waals surface area contributed by atoms with E-state index < -0.39 is 0 Å². The highest BCUT2D eigenvalue weighted by atomic mass is 15.6. The Kier molecular flexibility index (Phi) is 1.80. The van der Waals surface area contributed by atoms with E-state index in [9.17, 15) is 0 Å². The molecule has 1 heterocycles. The van der Waals surface area contributed by atoms with Crippen molar-refractivity contribution in [1.82, 2.24) is 10.4 Å². The molecule has 13 heavy (non-hydrogen) atoms. The van der Waals surface area contributed by atoms with Crippen LogP contribution in [-0.2, 0) is 0 Å². The summed E-state index contributed by atoms with van der Waals surface area (Å²) in [6.07, 6.45) is 4.85. The van der Waals surface area contributed by atoms with Crippen molar-refractivity contribution in [2.75, 3.05) is 0 Å². The summed E-state index contributed by atoms with van der Waals surface area (Å²) in [5.41, 5.74) is 9.48. The van der Waals surface area contributed by atoms with Crippen LogP contribution in [0.2, 0.25) is 0 Å². The molecule has 3 heteroatoms. The summed E-state index contributed by atoms with van der Waals surface area (Å²) in [5.74, 6) is 1.70. The van der Waals surface area contributed by atoms with Crippen LogP contribution in [-0.4, -0.2) is 16.6 Å². The summed E-state index contributed by atoms with van der Waals surface area (Å²) in [4.78, 5) is 0. The molecule has 0 amide bonds. The first kappa shape index (κ1) is 8.88. The van der Waals surface area contributed by atoms with Gasteiger partial charge in [-0.05, 0) is 45.6 Å².